The van der Waals surface area contributed by atoms with Crippen LogP contribution in [0.15, 0.2) is 0 Å². The quantitative estimate of drug-likeness (QED) is 0.709. The molecular formula is C17H25N5O2. The van der Waals surface area contributed by atoms with E-state index in [0.29, 0.717) is 19.6 Å². The molecule has 4 heterocycles. The Morgan fingerprint density at radius 1 is 1.21 bits per heavy atom. The first-order valence-electron chi connectivity index (χ1n) is 9.09. The van der Waals surface area contributed by atoms with Gasteiger partial charge in [-0.15, -0.1) is 0 Å². The normalized spacial score (nSPS) is 26.3. The number of nitrogens with zero attached hydrogens (tertiary/aromatic N) is 2. The monoisotopic (exact) mass is 331 g/mol. The molecule has 1 aliphatic carbocycles. The topological polar surface area (TPSA) is 90.1 Å². The average molecular weight is 331 g/mol. The van der Waals surface area contributed by atoms with E-state index in [1.54, 1.807) is 4.90 Å². The number of H-pyrrole nitrogens is 1. The number of nitrogens with one attached hydrogen (secondary N) is 3. The van der Waals surface area contributed by atoms with Gasteiger partial charge in [0.25, 0.3) is 0 Å². The molecule has 3 aliphatic heterocycles. The Labute approximate surface area is 141 Å². The summed E-state index contributed by atoms with van der Waals surface area (Å²) in [6.45, 7) is 1.58. The first kappa shape index (κ1) is 15.5. The average Bonchev–Trinajstić information content (AvgIpc) is 2.79. The molecule has 3 N–H and O–H groups in total. The smallest absolute Gasteiger partial charge is 0.317 e. The van der Waals surface area contributed by atoms with Gasteiger partial charge in [-0.05, 0) is 44.1 Å². The Bertz CT molecular complexity index is 641. The Morgan fingerprint density at radius 2 is 2.08 bits per heavy atom. The Balaban J connectivity index is 1.39. The summed E-state index contributed by atoms with van der Waals surface area (Å²) in [7, 11) is 0. The van der Waals surface area contributed by atoms with Crippen molar-refractivity contribution in [1.29, 1.82) is 0 Å². The molecule has 7 nitrogen and oxygen atoms in total. The summed E-state index contributed by atoms with van der Waals surface area (Å²) >= 11 is 0. The molecule has 130 valence electrons. The van der Waals surface area contributed by atoms with Crippen LogP contribution in [0, 0.1) is 5.92 Å². The van der Waals surface area contributed by atoms with Crippen LogP contribution in [-0.2, 0) is 24.2 Å². The lowest BCUT2D eigenvalue weighted by molar-refractivity contribution is -0.126. The highest BCUT2D eigenvalue weighted by Gasteiger charge is 2.36. The summed E-state index contributed by atoms with van der Waals surface area (Å²) in [6.07, 6.45) is 7.60. The van der Waals surface area contributed by atoms with Crippen LogP contribution in [0.5, 0.6) is 0 Å². The Morgan fingerprint density at radius 3 is 2.96 bits per heavy atom. The number of hydrogen-bond acceptors (Lipinski definition) is 3. The fourth-order valence-electron chi connectivity index (χ4n) is 4.15. The second kappa shape index (κ2) is 6.45. The van der Waals surface area contributed by atoms with Gasteiger partial charge in [-0.3, -0.25) is 9.89 Å². The molecule has 1 aromatic heterocycles. The number of rotatable bonds is 2. The van der Waals surface area contributed by atoms with Gasteiger partial charge in [0.15, 0.2) is 0 Å². The molecule has 2 unspecified atom stereocenters. The van der Waals surface area contributed by atoms with Crippen LogP contribution < -0.4 is 10.6 Å². The van der Waals surface area contributed by atoms with Gasteiger partial charge in [-0.1, -0.05) is 6.42 Å². The van der Waals surface area contributed by atoms with Crippen LogP contribution in [0.4, 0.5) is 4.79 Å². The van der Waals surface area contributed by atoms with Crippen molar-refractivity contribution in [2.45, 2.75) is 57.5 Å². The van der Waals surface area contributed by atoms with Gasteiger partial charge in [0.2, 0.25) is 5.91 Å². The molecule has 0 aromatic carbocycles. The van der Waals surface area contributed by atoms with E-state index < -0.39 is 0 Å². The number of fused-ring (bicyclic) bond motifs is 5. The molecule has 2 bridgehead atoms. The second-order valence-electron chi connectivity index (χ2n) is 7.23. The maximum Gasteiger partial charge on any atom is 0.317 e. The van der Waals surface area contributed by atoms with Gasteiger partial charge in [0.05, 0.1) is 18.2 Å². The highest BCUT2D eigenvalue weighted by Crippen LogP contribution is 2.23. The number of aromatic nitrogens is 2. The SMILES string of the molecule is O=C1NC2CCC1CN(C(=O)NCc1n[nH]c3c1CCCCC3)C2. The molecule has 5 rings (SSSR count). The van der Waals surface area contributed by atoms with E-state index >= 15 is 0 Å². The van der Waals surface area contributed by atoms with Crippen molar-refractivity contribution in [3.05, 3.63) is 17.0 Å². The van der Waals surface area contributed by atoms with Gasteiger partial charge in [-0.2, -0.15) is 5.10 Å². The van der Waals surface area contributed by atoms with E-state index in [2.05, 4.69) is 20.8 Å². The molecule has 4 aliphatic rings. The van der Waals surface area contributed by atoms with Crippen LogP contribution in [0.25, 0.3) is 0 Å². The molecule has 1 aromatic rings. The zero-order chi connectivity index (χ0) is 16.5. The predicted octanol–water partition coefficient (Wildman–Crippen LogP) is 1.10. The summed E-state index contributed by atoms with van der Waals surface area (Å²) in [5.41, 5.74) is 3.49. The van der Waals surface area contributed by atoms with Crippen LogP contribution in [0.3, 0.4) is 0 Å². The maximum atomic E-state index is 12.5. The maximum absolute atomic E-state index is 12.5. The molecule has 3 saturated heterocycles. The fourth-order valence-corrected chi connectivity index (χ4v) is 4.15. The van der Waals surface area contributed by atoms with Crippen molar-refractivity contribution < 1.29 is 9.59 Å². The van der Waals surface area contributed by atoms with Crippen LogP contribution in [0.1, 0.15) is 49.1 Å². The first-order valence-corrected chi connectivity index (χ1v) is 9.09. The molecule has 2 atom stereocenters. The van der Waals surface area contributed by atoms with Crippen molar-refractivity contribution in [3.8, 4) is 0 Å². The first-order chi connectivity index (χ1) is 11.7. The molecular weight excluding hydrogens is 306 g/mol. The van der Waals surface area contributed by atoms with Crippen molar-refractivity contribution in [2.75, 3.05) is 13.1 Å². The molecule has 7 heteroatoms. The van der Waals surface area contributed by atoms with Gasteiger partial charge >= 0.3 is 6.03 Å². The zero-order valence-corrected chi connectivity index (χ0v) is 13.9. The molecule has 3 fully saturated rings. The van der Waals surface area contributed by atoms with E-state index in [0.717, 1.165) is 31.4 Å². The van der Waals surface area contributed by atoms with Gasteiger partial charge < -0.3 is 15.5 Å². The van der Waals surface area contributed by atoms with Crippen molar-refractivity contribution >= 4 is 11.9 Å². The van der Waals surface area contributed by atoms with Gasteiger partial charge in [0.1, 0.15) is 0 Å². The number of carbonyl (C=O) groups excluding carboxylic acids is 2. The highest BCUT2D eigenvalue weighted by atomic mass is 16.2. The second-order valence-corrected chi connectivity index (χ2v) is 7.23. The number of amides is 3. The van der Waals surface area contributed by atoms with Gasteiger partial charge in [-0.25, -0.2) is 4.79 Å². The summed E-state index contributed by atoms with van der Waals surface area (Å²) < 4.78 is 0. The lowest BCUT2D eigenvalue weighted by Gasteiger charge is -2.23. The highest BCUT2D eigenvalue weighted by molar-refractivity contribution is 5.82. The summed E-state index contributed by atoms with van der Waals surface area (Å²) in [4.78, 5) is 26.2. The predicted molar refractivity (Wildman–Crippen MR) is 88.3 cm³/mol. The molecule has 24 heavy (non-hydrogen) atoms. The third kappa shape index (κ3) is 2.99. The molecule has 3 amide bonds. The number of urea groups is 1. The number of hydrogen-bond donors (Lipinski definition) is 3. The Kier molecular flexibility index (Phi) is 4.16. The van der Waals surface area contributed by atoms with Crippen molar-refractivity contribution in [3.63, 3.8) is 0 Å². The largest absolute Gasteiger partial charge is 0.351 e. The van der Waals surface area contributed by atoms with Crippen molar-refractivity contribution in [1.82, 2.24) is 25.7 Å². The zero-order valence-electron chi connectivity index (χ0n) is 13.9. The van der Waals surface area contributed by atoms with Crippen molar-refractivity contribution in [2.24, 2.45) is 5.92 Å². The van der Waals surface area contributed by atoms with Crippen LogP contribution >= 0.6 is 0 Å². The third-order valence-corrected chi connectivity index (χ3v) is 5.55. The number of piperidine rings is 1. The lowest BCUT2D eigenvalue weighted by Crippen LogP contribution is -2.45. The van der Waals surface area contributed by atoms with Gasteiger partial charge in [0, 0.05) is 24.8 Å². The van der Waals surface area contributed by atoms with E-state index in [1.165, 1.54) is 30.5 Å². The number of carbonyl (C=O) groups is 2. The van der Waals surface area contributed by atoms with E-state index in [-0.39, 0.29) is 23.9 Å². The minimum atomic E-state index is -0.0891. The Hall–Kier alpha value is -2.05. The number of aromatic amines is 1. The molecule has 0 spiro atoms. The lowest BCUT2D eigenvalue weighted by atomic mass is 9.96. The molecule has 0 radical (unpaired) electrons. The van der Waals surface area contributed by atoms with Crippen LogP contribution in [-0.4, -0.2) is 46.2 Å². The number of aryl methyl sites for hydroxylation is 1. The standard InChI is InChI=1S/C17H25N5O2/c23-16-11-6-7-12(19-16)10-22(9-11)17(24)18-8-15-13-4-2-1-3-5-14(13)20-21-15/h11-12H,1-10H2,(H,18,24)(H,19,23)(H,20,21). The molecule has 0 saturated carbocycles. The van der Waals surface area contributed by atoms with Crippen LogP contribution in [0.2, 0.25) is 0 Å². The van der Waals surface area contributed by atoms with E-state index in [1.807, 2.05) is 0 Å². The fraction of sp³-hybridized carbons (Fsp3) is 0.706. The summed E-state index contributed by atoms with van der Waals surface area (Å²) in [5.74, 6) is 0.0373. The summed E-state index contributed by atoms with van der Waals surface area (Å²) in [5, 5.41) is 13.5. The summed E-state index contributed by atoms with van der Waals surface area (Å²) in [6, 6.07) is 0.0115. The third-order valence-electron chi connectivity index (χ3n) is 5.55. The van der Waals surface area contributed by atoms with E-state index in [9.17, 15) is 9.59 Å². The minimum absolute atomic E-state index is 0.0591. The van der Waals surface area contributed by atoms with E-state index in [4.69, 9.17) is 0 Å². The minimum Gasteiger partial charge on any atom is -0.351 e.